The standard InChI is InChI=1S/C18H20N6OS/c1-11-8-15(24-23-11)21-16-9-19-10-17(22-16)26-14-6-4-13(5-7-14)20-18(25)12-2-3-12/h4-7,9-10,12,15,24H,2-3,8H2,1H3,(H,20,25)(H,21,22). The van der Waals surface area contributed by atoms with Crippen LogP contribution in [0, 0.1) is 5.92 Å². The van der Waals surface area contributed by atoms with Crippen LogP contribution in [0.4, 0.5) is 11.5 Å². The van der Waals surface area contributed by atoms with Crippen LogP contribution in [0.25, 0.3) is 0 Å². The van der Waals surface area contributed by atoms with Crippen molar-refractivity contribution in [1.82, 2.24) is 15.4 Å². The molecule has 2 aromatic rings. The van der Waals surface area contributed by atoms with Gasteiger partial charge >= 0.3 is 0 Å². The number of hydrogen-bond donors (Lipinski definition) is 3. The average molecular weight is 368 g/mol. The van der Waals surface area contributed by atoms with Crippen molar-refractivity contribution in [2.75, 3.05) is 10.6 Å². The number of carbonyl (C=O) groups excluding carboxylic acids is 1. The van der Waals surface area contributed by atoms with Crippen LogP contribution in [0.3, 0.4) is 0 Å². The van der Waals surface area contributed by atoms with Crippen LogP contribution >= 0.6 is 11.8 Å². The second-order valence-electron chi connectivity index (χ2n) is 6.51. The first-order valence-corrected chi connectivity index (χ1v) is 9.43. The molecule has 3 N–H and O–H groups in total. The summed E-state index contributed by atoms with van der Waals surface area (Å²) < 4.78 is 0. The van der Waals surface area contributed by atoms with E-state index in [9.17, 15) is 4.79 Å². The van der Waals surface area contributed by atoms with Gasteiger partial charge in [-0.3, -0.25) is 15.2 Å². The molecule has 0 spiro atoms. The van der Waals surface area contributed by atoms with E-state index in [2.05, 4.69) is 31.1 Å². The molecule has 8 heteroatoms. The van der Waals surface area contributed by atoms with E-state index in [0.717, 1.165) is 40.6 Å². The molecule has 2 aliphatic rings. The van der Waals surface area contributed by atoms with Crippen LogP contribution in [-0.2, 0) is 4.79 Å². The minimum atomic E-state index is 0.0545. The molecule has 1 atom stereocenters. The van der Waals surface area contributed by atoms with E-state index < -0.39 is 0 Å². The SMILES string of the molecule is CC1=NNC(Nc2cncc(Sc3ccc(NC(=O)C4CC4)cc3)n2)C1. The van der Waals surface area contributed by atoms with Gasteiger partial charge in [0, 0.05) is 28.6 Å². The van der Waals surface area contributed by atoms with Gasteiger partial charge in [-0.05, 0) is 44.0 Å². The molecule has 1 unspecified atom stereocenters. The molecule has 4 rings (SSSR count). The lowest BCUT2D eigenvalue weighted by Crippen LogP contribution is -2.29. The van der Waals surface area contributed by atoms with E-state index in [-0.39, 0.29) is 18.0 Å². The minimum absolute atomic E-state index is 0.0545. The molecule has 7 nitrogen and oxygen atoms in total. The van der Waals surface area contributed by atoms with Gasteiger partial charge in [0.15, 0.2) is 0 Å². The molecule has 1 amide bonds. The number of aromatic nitrogens is 2. The predicted molar refractivity (Wildman–Crippen MR) is 102 cm³/mol. The van der Waals surface area contributed by atoms with Crippen molar-refractivity contribution in [3.63, 3.8) is 0 Å². The number of benzene rings is 1. The lowest BCUT2D eigenvalue weighted by Gasteiger charge is -2.13. The Hall–Kier alpha value is -2.61. The molecular weight excluding hydrogens is 348 g/mol. The van der Waals surface area contributed by atoms with Gasteiger partial charge in [-0.2, -0.15) is 5.10 Å². The van der Waals surface area contributed by atoms with Gasteiger partial charge in [-0.1, -0.05) is 11.8 Å². The maximum atomic E-state index is 11.8. The summed E-state index contributed by atoms with van der Waals surface area (Å²) in [5, 5.41) is 11.2. The highest BCUT2D eigenvalue weighted by Gasteiger charge is 2.29. The predicted octanol–water partition coefficient (Wildman–Crippen LogP) is 3.08. The molecule has 0 saturated heterocycles. The van der Waals surface area contributed by atoms with Crippen molar-refractivity contribution in [3.8, 4) is 0 Å². The molecule has 1 aliphatic carbocycles. The van der Waals surface area contributed by atoms with Crippen LogP contribution in [-0.4, -0.2) is 27.8 Å². The summed E-state index contributed by atoms with van der Waals surface area (Å²) >= 11 is 1.53. The fraction of sp³-hybridized carbons (Fsp3) is 0.333. The van der Waals surface area contributed by atoms with E-state index in [4.69, 9.17) is 0 Å². The van der Waals surface area contributed by atoms with Crippen molar-refractivity contribution in [3.05, 3.63) is 36.7 Å². The third kappa shape index (κ3) is 4.32. The third-order valence-corrected chi connectivity index (χ3v) is 5.05. The maximum Gasteiger partial charge on any atom is 0.227 e. The summed E-state index contributed by atoms with van der Waals surface area (Å²) in [4.78, 5) is 21.7. The molecular formula is C18H20N6OS. The van der Waals surface area contributed by atoms with Crippen molar-refractivity contribution in [2.45, 2.75) is 42.3 Å². The van der Waals surface area contributed by atoms with E-state index in [0.29, 0.717) is 5.82 Å². The minimum Gasteiger partial charge on any atom is -0.347 e. The summed E-state index contributed by atoms with van der Waals surface area (Å²) in [5.74, 6) is 1.04. The first-order valence-electron chi connectivity index (χ1n) is 8.62. The summed E-state index contributed by atoms with van der Waals surface area (Å²) in [5.41, 5.74) is 4.92. The Morgan fingerprint density at radius 3 is 2.73 bits per heavy atom. The van der Waals surface area contributed by atoms with Crippen LogP contribution in [0.5, 0.6) is 0 Å². The summed E-state index contributed by atoms with van der Waals surface area (Å²) in [7, 11) is 0. The van der Waals surface area contributed by atoms with Gasteiger partial charge in [-0.15, -0.1) is 0 Å². The lowest BCUT2D eigenvalue weighted by atomic mass is 10.3. The largest absolute Gasteiger partial charge is 0.347 e. The van der Waals surface area contributed by atoms with Crippen molar-refractivity contribution >= 4 is 34.9 Å². The van der Waals surface area contributed by atoms with Gasteiger partial charge < -0.3 is 10.6 Å². The third-order valence-electron chi connectivity index (χ3n) is 4.14. The van der Waals surface area contributed by atoms with Crippen molar-refractivity contribution in [1.29, 1.82) is 0 Å². The molecule has 1 aromatic heterocycles. The Labute approximate surface area is 156 Å². The first kappa shape index (κ1) is 16.8. The summed E-state index contributed by atoms with van der Waals surface area (Å²) in [6.45, 7) is 1.99. The molecule has 0 radical (unpaired) electrons. The summed E-state index contributed by atoms with van der Waals surface area (Å²) in [6, 6.07) is 7.79. The van der Waals surface area contributed by atoms with Crippen LogP contribution < -0.4 is 16.1 Å². The van der Waals surface area contributed by atoms with Gasteiger partial charge in [-0.25, -0.2) is 4.98 Å². The van der Waals surface area contributed by atoms with Gasteiger partial charge in [0.05, 0.1) is 12.4 Å². The monoisotopic (exact) mass is 368 g/mol. The normalized spacial score (nSPS) is 18.8. The van der Waals surface area contributed by atoms with E-state index in [1.165, 1.54) is 11.8 Å². The maximum absolute atomic E-state index is 11.8. The molecule has 134 valence electrons. The highest BCUT2D eigenvalue weighted by atomic mass is 32.2. The molecule has 26 heavy (non-hydrogen) atoms. The number of rotatable bonds is 6. The topological polar surface area (TPSA) is 91.3 Å². The zero-order valence-electron chi connectivity index (χ0n) is 14.4. The highest BCUT2D eigenvalue weighted by Crippen LogP contribution is 2.31. The smallest absolute Gasteiger partial charge is 0.227 e. The molecule has 1 saturated carbocycles. The molecule has 1 aromatic carbocycles. The lowest BCUT2D eigenvalue weighted by molar-refractivity contribution is -0.117. The Bertz CT molecular complexity index is 834. The Morgan fingerprint density at radius 1 is 1.23 bits per heavy atom. The van der Waals surface area contributed by atoms with E-state index >= 15 is 0 Å². The number of amides is 1. The number of carbonyl (C=O) groups is 1. The average Bonchev–Trinajstić information content (AvgIpc) is 3.40. The zero-order chi connectivity index (χ0) is 17.9. The zero-order valence-corrected chi connectivity index (χ0v) is 15.2. The fourth-order valence-electron chi connectivity index (χ4n) is 2.62. The number of hydrogen-bond acceptors (Lipinski definition) is 7. The molecule has 2 heterocycles. The molecule has 1 aliphatic heterocycles. The van der Waals surface area contributed by atoms with E-state index in [1.807, 2.05) is 31.2 Å². The highest BCUT2D eigenvalue weighted by molar-refractivity contribution is 7.99. The number of anilines is 2. The van der Waals surface area contributed by atoms with Crippen LogP contribution in [0.15, 0.2) is 51.7 Å². The van der Waals surface area contributed by atoms with Gasteiger partial charge in [0.1, 0.15) is 17.0 Å². The van der Waals surface area contributed by atoms with Gasteiger partial charge in [0.2, 0.25) is 5.91 Å². The Kier molecular flexibility index (Phi) is 4.75. The Morgan fingerprint density at radius 2 is 2.04 bits per heavy atom. The van der Waals surface area contributed by atoms with Crippen molar-refractivity contribution in [2.24, 2.45) is 11.0 Å². The second kappa shape index (κ2) is 7.33. The quantitative estimate of drug-likeness (QED) is 0.726. The first-order chi connectivity index (χ1) is 12.7. The van der Waals surface area contributed by atoms with E-state index in [1.54, 1.807) is 12.4 Å². The number of hydrazone groups is 1. The summed E-state index contributed by atoms with van der Waals surface area (Å²) in [6.07, 6.45) is 6.35. The number of nitrogens with one attached hydrogen (secondary N) is 3. The second-order valence-corrected chi connectivity index (χ2v) is 7.60. The van der Waals surface area contributed by atoms with Gasteiger partial charge in [0.25, 0.3) is 0 Å². The Balaban J connectivity index is 1.36. The fourth-order valence-corrected chi connectivity index (χ4v) is 3.39. The van der Waals surface area contributed by atoms with Crippen molar-refractivity contribution < 1.29 is 4.79 Å². The number of nitrogens with zero attached hydrogens (tertiary/aromatic N) is 3. The molecule has 0 bridgehead atoms. The molecule has 1 fully saturated rings. The van der Waals surface area contributed by atoms with Crippen LogP contribution in [0.1, 0.15) is 26.2 Å². The van der Waals surface area contributed by atoms with Crippen LogP contribution in [0.2, 0.25) is 0 Å².